The summed E-state index contributed by atoms with van der Waals surface area (Å²) in [6.45, 7) is -1.70. The van der Waals surface area contributed by atoms with Crippen molar-refractivity contribution in [3.8, 4) is 0 Å². The van der Waals surface area contributed by atoms with Gasteiger partial charge in [-0.3, -0.25) is 0 Å². The smallest absolute Gasteiger partial charge is 0.404 e. The Balaban J connectivity index is 2.01. The Hall–Kier alpha value is -1.17. The van der Waals surface area contributed by atoms with Crippen LogP contribution in [-0.2, 0) is 18.9 Å². The van der Waals surface area contributed by atoms with Crippen LogP contribution in [0.3, 0.4) is 0 Å². The van der Waals surface area contributed by atoms with Gasteiger partial charge < -0.3 is 65.1 Å². The number of rotatable bonds is 8. The minimum Gasteiger partial charge on any atom is -0.465 e. The van der Waals surface area contributed by atoms with E-state index in [2.05, 4.69) is 0 Å². The Kier molecular flexibility index (Phi) is 8.92. The van der Waals surface area contributed by atoms with E-state index in [4.69, 9.17) is 24.1 Å². The normalized spacial score (nSPS) is 43.1. The molecular formula is C15H27NO13. The quantitative estimate of drug-likeness (QED) is 0.165. The highest BCUT2D eigenvalue weighted by Crippen LogP contribution is 2.29. The maximum atomic E-state index is 10.4. The van der Waals surface area contributed by atoms with Crippen molar-refractivity contribution < 1.29 is 64.6 Å². The van der Waals surface area contributed by atoms with Gasteiger partial charge in [0.2, 0.25) is 0 Å². The molecule has 29 heavy (non-hydrogen) atoms. The van der Waals surface area contributed by atoms with E-state index in [1.165, 1.54) is 0 Å². The second-order valence-electron chi connectivity index (χ2n) is 6.61. The van der Waals surface area contributed by atoms with E-state index in [0.717, 1.165) is 0 Å². The number of nitrogens with one attached hydrogen (secondary N) is 1. The number of ether oxygens (including phenoxy) is 4. The predicted molar refractivity (Wildman–Crippen MR) is 88.4 cm³/mol. The lowest BCUT2D eigenvalue weighted by molar-refractivity contribution is -0.359. The second kappa shape index (κ2) is 10.7. The molecule has 0 unspecified atom stereocenters. The molecule has 1 amide bonds. The molecule has 170 valence electrons. The lowest BCUT2D eigenvalue weighted by atomic mass is 9.97. The van der Waals surface area contributed by atoms with Crippen molar-refractivity contribution in [3.05, 3.63) is 0 Å². The maximum absolute atomic E-state index is 10.4. The molecule has 2 aliphatic rings. The zero-order valence-corrected chi connectivity index (χ0v) is 15.2. The van der Waals surface area contributed by atoms with E-state index in [-0.39, 0.29) is 13.2 Å². The zero-order chi connectivity index (χ0) is 21.7. The van der Waals surface area contributed by atoms with Crippen LogP contribution in [-0.4, -0.2) is 135 Å². The first-order valence-corrected chi connectivity index (χ1v) is 8.88. The highest BCUT2D eigenvalue weighted by atomic mass is 16.7. The summed E-state index contributed by atoms with van der Waals surface area (Å²) in [7, 11) is 0. The van der Waals surface area contributed by atoms with Crippen molar-refractivity contribution in [1.82, 2.24) is 5.32 Å². The Morgan fingerprint density at radius 1 is 0.828 bits per heavy atom. The summed E-state index contributed by atoms with van der Waals surface area (Å²) in [6, 6.07) is 0. The molecule has 2 fully saturated rings. The van der Waals surface area contributed by atoms with Crippen LogP contribution in [0.5, 0.6) is 0 Å². The molecule has 0 aromatic rings. The van der Waals surface area contributed by atoms with E-state index < -0.39 is 80.7 Å². The van der Waals surface area contributed by atoms with Gasteiger partial charge in [0, 0.05) is 6.54 Å². The highest BCUT2D eigenvalue weighted by molar-refractivity contribution is 5.64. The van der Waals surface area contributed by atoms with Gasteiger partial charge >= 0.3 is 6.09 Å². The van der Waals surface area contributed by atoms with Crippen molar-refractivity contribution in [2.45, 2.75) is 61.4 Å². The van der Waals surface area contributed by atoms with Crippen molar-refractivity contribution >= 4 is 6.09 Å². The minimum atomic E-state index is -1.76. The lowest BCUT2D eigenvalue weighted by Gasteiger charge is -2.45. The van der Waals surface area contributed by atoms with Crippen LogP contribution >= 0.6 is 0 Å². The lowest BCUT2D eigenvalue weighted by Crippen LogP contribution is -2.64. The number of aliphatic hydroxyl groups excluding tert-OH is 7. The van der Waals surface area contributed by atoms with E-state index in [1.54, 1.807) is 0 Å². The van der Waals surface area contributed by atoms with Gasteiger partial charge in [-0.1, -0.05) is 0 Å². The van der Waals surface area contributed by atoms with Gasteiger partial charge in [0.1, 0.15) is 48.8 Å². The summed E-state index contributed by atoms with van der Waals surface area (Å²) in [5.41, 5.74) is 0. The Morgan fingerprint density at radius 3 is 2.00 bits per heavy atom. The molecule has 2 rings (SSSR count). The summed E-state index contributed by atoms with van der Waals surface area (Å²) < 4.78 is 21.1. The van der Waals surface area contributed by atoms with E-state index in [9.17, 15) is 40.5 Å². The molecule has 0 radical (unpaired) electrons. The van der Waals surface area contributed by atoms with Crippen molar-refractivity contribution in [3.63, 3.8) is 0 Å². The summed E-state index contributed by atoms with van der Waals surface area (Å²) in [5.74, 6) is 0. The van der Waals surface area contributed by atoms with Crippen LogP contribution in [0.15, 0.2) is 0 Å². The number of amides is 1. The fourth-order valence-corrected chi connectivity index (χ4v) is 3.03. The van der Waals surface area contributed by atoms with Crippen LogP contribution in [0.4, 0.5) is 4.79 Å². The van der Waals surface area contributed by atoms with E-state index in [0.29, 0.717) is 0 Å². The van der Waals surface area contributed by atoms with Crippen LogP contribution in [0.25, 0.3) is 0 Å². The summed E-state index contributed by atoms with van der Waals surface area (Å²) >= 11 is 0. The van der Waals surface area contributed by atoms with Crippen molar-refractivity contribution in [2.75, 3.05) is 26.4 Å². The molecule has 14 nitrogen and oxygen atoms in total. The molecule has 10 atom stereocenters. The molecule has 14 heteroatoms. The second-order valence-corrected chi connectivity index (χ2v) is 6.61. The predicted octanol–water partition coefficient (Wildman–Crippen LogP) is -5.11. The number of hydrogen-bond donors (Lipinski definition) is 9. The number of carboxylic acid groups (broad SMARTS) is 1. The van der Waals surface area contributed by atoms with Gasteiger partial charge in [0.05, 0.1) is 19.8 Å². The fraction of sp³-hybridized carbons (Fsp3) is 0.933. The van der Waals surface area contributed by atoms with Gasteiger partial charge in [-0.05, 0) is 0 Å². The molecule has 2 heterocycles. The number of hydrogen-bond acceptors (Lipinski definition) is 12. The average Bonchev–Trinajstić information content (AvgIpc) is 2.69. The SMILES string of the molecule is O=C(O)NCCO[C@@H]1O[C@H](CO)[C@@H](O[C@@H]2O[C@H](CO)[C@H](O)[C@H](O)[C@H]2O)[C@H](O)[C@H]1O. The molecule has 0 aliphatic carbocycles. The van der Waals surface area contributed by atoms with Crippen LogP contribution in [0.2, 0.25) is 0 Å². The molecule has 0 aromatic heterocycles. The van der Waals surface area contributed by atoms with Gasteiger partial charge in [-0.25, -0.2) is 4.79 Å². The fourth-order valence-electron chi connectivity index (χ4n) is 3.03. The summed E-state index contributed by atoms with van der Waals surface area (Å²) in [4.78, 5) is 10.4. The molecule has 0 saturated carbocycles. The maximum Gasteiger partial charge on any atom is 0.404 e. The van der Waals surface area contributed by atoms with Gasteiger partial charge in [-0.15, -0.1) is 0 Å². The molecule has 0 bridgehead atoms. The molecule has 0 spiro atoms. The van der Waals surface area contributed by atoms with Crippen LogP contribution in [0.1, 0.15) is 0 Å². The molecular weight excluding hydrogens is 402 g/mol. The van der Waals surface area contributed by atoms with E-state index >= 15 is 0 Å². The van der Waals surface area contributed by atoms with Crippen molar-refractivity contribution in [1.29, 1.82) is 0 Å². The van der Waals surface area contributed by atoms with E-state index in [1.807, 2.05) is 5.32 Å². The Morgan fingerprint density at radius 2 is 1.41 bits per heavy atom. The van der Waals surface area contributed by atoms with Crippen molar-refractivity contribution in [2.24, 2.45) is 0 Å². The van der Waals surface area contributed by atoms with Gasteiger partial charge in [0.15, 0.2) is 12.6 Å². The molecule has 0 aromatic carbocycles. The monoisotopic (exact) mass is 429 g/mol. The molecule has 2 aliphatic heterocycles. The number of carbonyl (C=O) groups is 1. The summed E-state index contributed by atoms with van der Waals surface area (Å²) in [5, 5.41) is 79.4. The highest BCUT2D eigenvalue weighted by Gasteiger charge is 2.50. The Labute approximate surface area is 164 Å². The molecule has 9 N–H and O–H groups in total. The standard InChI is InChI=1S/C15H27NO13/c17-3-5-7(19)8(20)10(22)14(27-5)29-12-6(4-18)28-13(11(23)9(12)21)26-2-1-16-15(24)25/h5-14,16-23H,1-4H2,(H,24,25)/t5-,6-,7+,8+,9-,10-,11-,12-,13-,14+/m1/s1. The van der Waals surface area contributed by atoms with Gasteiger partial charge in [0.25, 0.3) is 0 Å². The van der Waals surface area contributed by atoms with Crippen LogP contribution in [0, 0.1) is 0 Å². The Bertz CT molecular complexity index is 520. The first-order chi connectivity index (χ1) is 13.7. The third kappa shape index (κ3) is 5.71. The minimum absolute atomic E-state index is 0.118. The average molecular weight is 429 g/mol. The molecule has 2 saturated heterocycles. The van der Waals surface area contributed by atoms with Gasteiger partial charge in [-0.2, -0.15) is 0 Å². The largest absolute Gasteiger partial charge is 0.465 e. The third-order valence-electron chi connectivity index (χ3n) is 4.62. The number of aliphatic hydroxyl groups is 7. The summed E-state index contributed by atoms with van der Waals surface area (Å²) in [6.07, 6.45) is -16.7. The zero-order valence-electron chi connectivity index (χ0n) is 15.2. The first-order valence-electron chi connectivity index (χ1n) is 8.88. The first kappa shape index (κ1) is 24.1. The third-order valence-corrected chi connectivity index (χ3v) is 4.62. The topological polar surface area (TPSA) is 228 Å². The van der Waals surface area contributed by atoms with Crippen LogP contribution < -0.4 is 5.32 Å².